The molecule has 4 atom stereocenters. The van der Waals surface area contributed by atoms with Gasteiger partial charge in [-0.15, -0.1) is 11.6 Å². The lowest BCUT2D eigenvalue weighted by Crippen LogP contribution is -2.59. The van der Waals surface area contributed by atoms with Gasteiger partial charge in [0.25, 0.3) is 5.91 Å². The van der Waals surface area contributed by atoms with Crippen molar-refractivity contribution in [2.24, 2.45) is 5.41 Å². The summed E-state index contributed by atoms with van der Waals surface area (Å²) in [6.45, 7) is 2.68. The summed E-state index contributed by atoms with van der Waals surface area (Å²) in [6.07, 6.45) is 7.32. The van der Waals surface area contributed by atoms with E-state index in [0.717, 1.165) is 25.7 Å². The number of amides is 2. The minimum absolute atomic E-state index is 0.00469. The van der Waals surface area contributed by atoms with Crippen LogP contribution in [0.15, 0.2) is 23.0 Å². The first-order valence-corrected chi connectivity index (χ1v) is 11.3. The Kier molecular flexibility index (Phi) is 6.36. The highest BCUT2D eigenvalue weighted by Gasteiger charge is 2.61. The number of ether oxygens (including phenoxy) is 3. The quantitative estimate of drug-likeness (QED) is 0.503. The van der Waals surface area contributed by atoms with E-state index in [1.54, 1.807) is 11.0 Å². The van der Waals surface area contributed by atoms with E-state index < -0.39 is 24.0 Å². The van der Waals surface area contributed by atoms with Crippen molar-refractivity contribution in [3.8, 4) is 0 Å². The molecule has 1 aromatic rings. The van der Waals surface area contributed by atoms with Crippen molar-refractivity contribution in [1.29, 1.82) is 0 Å². The van der Waals surface area contributed by atoms with Gasteiger partial charge in [0.05, 0.1) is 17.2 Å². The van der Waals surface area contributed by atoms with Gasteiger partial charge in [0.15, 0.2) is 0 Å². The number of carbonyl (C=O) groups excluding carboxylic acids is 2. The largest absolute Gasteiger partial charge is 0.472 e. The van der Waals surface area contributed by atoms with Crippen LogP contribution in [0, 0.1) is 5.41 Å². The third kappa shape index (κ3) is 4.11. The molecule has 0 aromatic carbocycles. The lowest BCUT2D eigenvalue weighted by Gasteiger charge is -2.38. The average molecular weight is 455 g/mol. The van der Waals surface area contributed by atoms with Gasteiger partial charge >= 0.3 is 0 Å². The standard InChI is InChI=1S/C22H31ClN2O6/c1-21(7-4-5-8-21)10-16(24-19(26)14-6-9-30-12-14)20(27)25-11-15(23)17-18(25)22(28-2,29-3)13-31-17/h6,9,12,15-18H,4-5,7-8,10-11,13H2,1-3H3,(H,24,26)/t15-,16+,17-,18+/m1/s1. The van der Waals surface area contributed by atoms with Crippen molar-refractivity contribution < 1.29 is 28.2 Å². The number of nitrogens with one attached hydrogen (secondary N) is 1. The topological polar surface area (TPSA) is 90.2 Å². The van der Waals surface area contributed by atoms with Gasteiger partial charge in [-0.1, -0.05) is 19.8 Å². The van der Waals surface area contributed by atoms with Crippen LogP contribution in [-0.4, -0.2) is 73.4 Å². The number of furan rings is 1. The Hall–Kier alpha value is -1.61. The van der Waals surface area contributed by atoms with E-state index in [2.05, 4.69) is 12.2 Å². The summed E-state index contributed by atoms with van der Waals surface area (Å²) in [4.78, 5) is 28.3. The van der Waals surface area contributed by atoms with Gasteiger partial charge in [-0.05, 0) is 30.7 Å². The van der Waals surface area contributed by atoms with E-state index in [-0.39, 0.29) is 29.2 Å². The number of likely N-dealkylation sites (tertiary alicyclic amines) is 1. The maximum atomic E-state index is 13.9. The molecule has 172 valence electrons. The average Bonchev–Trinajstić information content (AvgIpc) is 3.53. The van der Waals surface area contributed by atoms with E-state index >= 15 is 0 Å². The van der Waals surface area contributed by atoms with Crippen molar-refractivity contribution in [2.75, 3.05) is 27.4 Å². The van der Waals surface area contributed by atoms with Crippen LogP contribution in [0.2, 0.25) is 0 Å². The Balaban J connectivity index is 1.60. The molecule has 2 saturated heterocycles. The molecular formula is C22H31ClN2O6. The van der Waals surface area contributed by atoms with Gasteiger partial charge < -0.3 is 28.8 Å². The SMILES string of the molecule is COC1(OC)CO[C@@H]2[C@H](Cl)CN(C(=O)[C@H](CC3(C)CCCC3)NC(=O)c3ccoc3)[C@@H]21. The summed E-state index contributed by atoms with van der Waals surface area (Å²) in [5.74, 6) is -1.60. The smallest absolute Gasteiger partial charge is 0.255 e. The summed E-state index contributed by atoms with van der Waals surface area (Å²) in [5.41, 5.74) is 0.381. The van der Waals surface area contributed by atoms with E-state index in [4.69, 9.17) is 30.2 Å². The number of alkyl halides is 1. The van der Waals surface area contributed by atoms with Crippen molar-refractivity contribution in [1.82, 2.24) is 10.2 Å². The van der Waals surface area contributed by atoms with Crippen LogP contribution in [0.5, 0.6) is 0 Å². The summed E-state index contributed by atoms with van der Waals surface area (Å²) >= 11 is 6.55. The van der Waals surface area contributed by atoms with Gasteiger partial charge in [0.2, 0.25) is 11.7 Å². The number of halogens is 1. The maximum Gasteiger partial charge on any atom is 0.255 e. The van der Waals surface area contributed by atoms with Crippen LogP contribution in [0.1, 0.15) is 49.4 Å². The number of hydrogen-bond donors (Lipinski definition) is 1. The minimum atomic E-state index is -1.08. The first-order valence-electron chi connectivity index (χ1n) is 10.8. The maximum absolute atomic E-state index is 13.9. The molecule has 8 nitrogen and oxygen atoms in total. The molecule has 1 N–H and O–H groups in total. The highest BCUT2D eigenvalue weighted by Crippen LogP contribution is 2.44. The van der Waals surface area contributed by atoms with Crippen molar-refractivity contribution in [2.45, 2.75) is 68.4 Å². The first kappa shape index (κ1) is 22.6. The molecule has 1 aliphatic carbocycles. The third-order valence-corrected chi connectivity index (χ3v) is 7.56. The van der Waals surface area contributed by atoms with E-state index in [9.17, 15) is 9.59 Å². The van der Waals surface area contributed by atoms with Gasteiger partial charge in [-0.2, -0.15) is 0 Å². The van der Waals surface area contributed by atoms with Crippen LogP contribution in [0.3, 0.4) is 0 Å². The second-order valence-corrected chi connectivity index (χ2v) is 9.77. The molecule has 0 bridgehead atoms. The Labute approximate surface area is 187 Å². The second-order valence-electron chi connectivity index (χ2n) is 9.21. The van der Waals surface area contributed by atoms with Gasteiger partial charge in [0.1, 0.15) is 31.1 Å². The number of fused-ring (bicyclic) bond motifs is 1. The molecule has 4 rings (SSSR count). The van der Waals surface area contributed by atoms with Gasteiger partial charge in [-0.3, -0.25) is 9.59 Å². The zero-order chi connectivity index (χ0) is 22.2. The fraction of sp³-hybridized carbons (Fsp3) is 0.727. The summed E-state index contributed by atoms with van der Waals surface area (Å²) in [5, 5.41) is 2.57. The third-order valence-electron chi connectivity index (χ3n) is 7.17. The fourth-order valence-electron chi connectivity index (χ4n) is 5.39. The minimum Gasteiger partial charge on any atom is -0.472 e. The molecule has 1 aromatic heterocycles. The molecule has 0 spiro atoms. The predicted molar refractivity (Wildman–Crippen MR) is 113 cm³/mol. The molecule has 3 aliphatic rings. The van der Waals surface area contributed by atoms with Crippen LogP contribution in [0.25, 0.3) is 0 Å². The van der Waals surface area contributed by atoms with Gasteiger partial charge in [0, 0.05) is 20.8 Å². The molecule has 3 fully saturated rings. The fourth-order valence-corrected chi connectivity index (χ4v) is 5.75. The molecular weight excluding hydrogens is 424 g/mol. The second kappa shape index (κ2) is 8.73. The zero-order valence-electron chi connectivity index (χ0n) is 18.3. The van der Waals surface area contributed by atoms with Gasteiger partial charge in [-0.25, -0.2) is 0 Å². The lowest BCUT2D eigenvalue weighted by atomic mass is 9.81. The summed E-state index contributed by atoms with van der Waals surface area (Å²) in [6, 6.07) is 0.405. The normalized spacial score (nSPS) is 29.7. The molecule has 0 unspecified atom stereocenters. The number of methoxy groups -OCH3 is 2. The van der Waals surface area contributed by atoms with Crippen LogP contribution < -0.4 is 5.32 Å². The van der Waals surface area contributed by atoms with Crippen molar-refractivity contribution in [3.63, 3.8) is 0 Å². The number of hydrogen-bond acceptors (Lipinski definition) is 6. The van der Waals surface area contributed by atoms with E-state index in [0.29, 0.717) is 18.5 Å². The van der Waals surface area contributed by atoms with Crippen molar-refractivity contribution >= 4 is 23.4 Å². The highest BCUT2D eigenvalue weighted by atomic mass is 35.5. The first-order chi connectivity index (χ1) is 14.8. The number of carbonyl (C=O) groups is 2. The van der Waals surface area contributed by atoms with E-state index in [1.165, 1.54) is 26.7 Å². The van der Waals surface area contributed by atoms with Crippen LogP contribution in [-0.2, 0) is 19.0 Å². The summed E-state index contributed by atoms with van der Waals surface area (Å²) in [7, 11) is 3.08. The molecule has 9 heteroatoms. The molecule has 0 radical (unpaired) electrons. The molecule has 3 heterocycles. The molecule has 2 amide bonds. The van der Waals surface area contributed by atoms with Crippen LogP contribution >= 0.6 is 11.6 Å². The van der Waals surface area contributed by atoms with E-state index in [1.807, 2.05) is 0 Å². The summed E-state index contributed by atoms with van der Waals surface area (Å²) < 4.78 is 22.2. The molecule has 1 saturated carbocycles. The Bertz CT molecular complexity index is 790. The Morgan fingerprint density at radius 3 is 2.65 bits per heavy atom. The van der Waals surface area contributed by atoms with Crippen LogP contribution in [0.4, 0.5) is 0 Å². The number of rotatable bonds is 7. The molecule has 31 heavy (non-hydrogen) atoms. The molecule has 2 aliphatic heterocycles. The Morgan fingerprint density at radius 2 is 2.03 bits per heavy atom. The van der Waals surface area contributed by atoms with Crippen molar-refractivity contribution in [3.05, 3.63) is 24.2 Å². The zero-order valence-corrected chi connectivity index (χ0v) is 19.0. The Morgan fingerprint density at radius 1 is 1.32 bits per heavy atom. The highest BCUT2D eigenvalue weighted by molar-refractivity contribution is 6.21. The number of nitrogens with zero attached hydrogens (tertiary/aromatic N) is 1. The monoisotopic (exact) mass is 454 g/mol. The predicted octanol–water partition coefficient (Wildman–Crippen LogP) is 2.55. The lowest BCUT2D eigenvalue weighted by molar-refractivity contribution is -0.227.